The number of amides is 1. The van der Waals surface area contributed by atoms with Gasteiger partial charge in [-0.25, -0.2) is 0 Å². The molecule has 5 heteroatoms. The third-order valence-electron chi connectivity index (χ3n) is 6.25. The summed E-state index contributed by atoms with van der Waals surface area (Å²) in [4.78, 5) is 30.6. The summed E-state index contributed by atoms with van der Waals surface area (Å²) < 4.78 is 0. The van der Waals surface area contributed by atoms with Crippen LogP contribution in [0.2, 0.25) is 0 Å². The molecule has 1 N–H and O–H groups in total. The Hall–Kier alpha value is -2.66. The van der Waals surface area contributed by atoms with Gasteiger partial charge in [-0.1, -0.05) is 30.3 Å². The summed E-state index contributed by atoms with van der Waals surface area (Å²) in [6, 6.07) is 18.0. The molecule has 5 nitrogen and oxygen atoms in total. The van der Waals surface area contributed by atoms with Crippen LogP contribution in [0.4, 0.5) is 5.69 Å². The van der Waals surface area contributed by atoms with Gasteiger partial charge >= 0.3 is 0 Å². The van der Waals surface area contributed by atoms with Crippen molar-refractivity contribution in [2.45, 2.75) is 25.8 Å². The fourth-order valence-electron chi connectivity index (χ4n) is 4.57. The first-order valence-electron chi connectivity index (χ1n) is 10.7. The zero-order chi connectivity index (χ0) is 20.2. The van der Waals surface area contributed by atoms with Gasteiger partial charge in [-0.15, -0.1) is 0 Å². The minimum absolute atomic E-state index is 0.0944. The van der Waals surface area contributed by atoms with Crippen molar-refractivity contribution in [2.24, 2.45) is 0 Å². The van der Waals surface area contributed by atoms with Crippen LogP contribution in [-0.2, 0) is 4.79 Å². The van der Waals surface area contributed by atoms with Crippen LogP contribution in [0.5, 0.6) is 0 Å². The second kappa shape index (κ2) is 8.78. The minimum Gasteiger partial charge on any atom is -0.360 e. The van der Waals surface area contributed by atoms with Crippen LogP contribution in [0.25, 0.3) is 0 Å². The Bertz CT molecular complexity index is 836. The van der Waals surface area contributed by atoms with E-state index >= 15 is 0 Å². The maximum Gasteiger partial charge on any atom is 0.285 e. The molecule has 29 heavy (non-hydrogen) atoms. The van der Waals surface area contributed by atoms with E-state index in [0.29, 0.717) is 0 Å². The number of benzene rings is 2. The molecular weight excluding hydrogens is 362 g/mol. The molecule has 1 amide bonds. The zero-order valence-corrected chi connectivity index (χ0v) is 17.1. The standard InChI is InChI=1S/C24H29N3O2/c1-19(28)20-9-11-22(12-10-20)25-15-17-26(18-16-25)23(21-7-3-2-4-8-21)24(29)27-13-5-6-14-27/h2-4,7-12,23H,5-6,13-18H2,1H3/p+1/t23-/m0/s1. The molecule has 4 rings (SSSR count). The summed E-state index contributed by atoms with van der Waals surface area (Å²) in [7, 11) is 0. The normalized spacial score (nSPS) is 18.7. The van der Waals surface area contributed by atoms with Crippen molar-refractivity contribution in [3.63, 3.8) is 0 Å². The Morgan fingerprint density at radius 3 is 2.07 bits per heavy atom. The highest BCUT2D eigenvalue weighted by Crippen LogP contribution is 2.19. The van der Waals surface area contributed by atoms with Gasteiger partial charge in [-0.05, 0) is 44.0 Å². The molecule has 0 aromatic heterocycles. The maximum atomic E-state index is 13.4. The molecule has 2 aliphatic rings. The van der Waals surface area contributed by atoms with Gasteiger partial charge in [0, 0.05) is 29.9 Å². The molecule has 2 heterocycles. The van der Waals surface area contributed by atoms with E-state index in [-0.39, 0.29) is 17.7 Å². The Balaban J connectivity index is 1.47. The number of quaternary nitrogens is 1. The van der Waals surface area contributed by atoms with Crippen molar-refractivity contribution in [1.82, 2.24) is 4.90 Å². The third-order valence-corrected chi connectivity index (χ3v) is 6.25. The molecule has 0 aliphatic carbocycles. The maximum absolute atomic E-state index is 13.4. The van der Waals surface area contributed by atoms with Crippen LogP contribution in [0, 0.1) is 0 Å². The molecule has 0 saturated carbocycles. The summed E-state index contributed by atoms with van der Waals surface area (Å²) in [5, 5.41) is 0. The van der Waals surface area contributed by atoms with E-state index in [2.05, 4.69) is 21.9 Å². The number of piperazine rings is 1. The first-order valence-corrected chi connectivity index (χ1v) is 10.7. The highest BCUT2D eigenvalue weighted by Gasteiger charge is 2.37. The van der Waals surface area contributed by atoms with Crippen molar-refractivity contribution in [3.8, 4) is 0 Å². The lowest BCUT2D eigenvalue weighted by molar-refractivity contribution is -0.922. The van der Waals surface area contributed by atoms with E-state index in [4.69, 9.17) is 0 Å². The quantitative estimate of drug-likeness (QED) is 0.792. The number of ketones is 1. The second-order valence-corrected chi connectivity index (χ2v) is 8.12. The number of Topliss-reactive ketones (excluding diaryl/α,β-unsaturated/α-hetero) is 1. The van der Waals surface area contributed by atoms with E-state index in [1.165, 1.54) is 4.90 Å². The van der Waals surface area contributed by atoms with E-state index < -0.39 is 0 Å². The van der Waals surface area contributed by atoms with Crippen LogP contribution < -0.4 is 9.80 Å². The van der Waals surface area contributed by atoms with Crippen LogP contribution in [0.15, 0.2) is 54.6 Å². The van der Waals surface area contributed by atoms with Gasteiger partial charge in [0.2, 0.25) is 0 Å². The van der Waals surface area contributed by atoms with E-state index in [1.807, 2.05) is 42.5 Å². The SMILES string of the molecule is CC(=O)c1ccc(N2CC[NH+]([C@H](C(=O)N3CCCC3)c3ccccc3)CC2)cc1. The highest BCUT2D eigenvalue weighted by molar-refractivity contribution is 5.94. The molecule has 2 aromatic carbocycles. The van der Waals surface area contributed by atoms with E-state index in [9.17, 15) is 9.59 Å². The number of nitrogens with zero attached hydrogens (tertiary/aromatic N) is 2. The lowest BCUT2D eigenvalue weighted by Gasteiger charge is -2.38. The number of likely N-dealkylation sites (tertiary alicyclic amines) is 1. The number of hydrogen-bond donors (Lipinski definition) is 1. The lowest BCUT2D eigenvalue weighted by Crippen LogP contribution is -3.16. The minimum atomic E-state index is -0.114. The molecule has 1 atom stereocenters. The van der Waals surface area contributed by atoms with Crippen molar-refractivity contribution < 1.29 is 14.5 Å². The fourth-order valence-corrected chi connectivity index (χ4v) is 4.57. The van der Waals surface area contributed by atoms with Crippen LogP contribution in [0.3, 0.4) is 0 Å². The first kappa shape index (κ1) is 19.6. The van der Waals surface area contributed by atoms with Crippen LogP contribution >= 0.6 is 0 Å². The van der Waals surface area contributed by atoms with Crippen LogP contribution in [-0.4, -0.2) is 55.9 Å². The van der Waals surface area contributed by atoms with Crippen molar-refractivity contribution in [2.75, 3.05) is 44.2 Å². The number of carbonyl (C=O) groups excluding carboxylic acids is 2. The number of rotatable bonds is 5. The van der Waals surface area contributed by atoms with Gasteiger partial charge < -0.3 is 14.7 Å². The van der Waals surface area contributed by atoms with Gasteiger partial charge in [-0.2, -0.15) is 0 Å². The predicted molar refractivity (Wildman–Crippen MR) is 114 cm³/mol. The zero-order valence-electron chi connectivity index (χ0n) is 17.1. The highest BCUT2D eigenvalue weighted by atomic mass is 16.2. The van der Waals surface area contributed by atoms with Gasteiger partial charge in [0.25, 0.3) is 5.91 Å². The fraction of sp³-hybridized carbons (Fsp3) is 0.417. The summed E-state index contributed by atoms with van der Waals surface area (Å²) in [6.45, 7) is 7.05. The van der Waals surface area contributed by atoms with Crippen LogP contribution in [0.1, 0.15) is 41.7 Å². The molecule has 0 radical (unpaired) electrons. The van der Waals surface area contributed by atoms with Gasteiger partial charge in [0.1, 0.15) is 0 Å². The predicted octanol–water partition coefficient (Wildman–Crippen LogP) is 1.96. The smallest absolute Gasteiger partial charge is 0.285 e. The van der Waals surface area contributed by atoms with E-state index in [1.54, 1.807) is 6.92 Å². The molecular formula is C24H30N3O2+. The Morgan fingerprint density at radius 2 is 1.48 bits per heavy atom. The average Bonchev–Trinajstić information content (AvgIpc) is 3.30. The summed E-state index contributed by atoms with van der Waals surface area (Å²) in [6.07, 6.45) is 2.24. The molecule has 2 aliphatic heterocycles. The average molecular weight is 393 g/mol. The number of anilines is 1. The Morgan fingerprint density at radius 1 is 0.862 bits per heavy atom. The van der Waals surface area contributed by atoms with E-state index in [0.717, 1.165) is 68.9 Å². The molecule has 2 fully saturated rings. The molecule has 2 saturated heterocycles. The second-order valence-electron chi connectivity index (χ2n) is 8.12. The number of hydrogen-bond acceptors (Lipinski definition) is 3. The lowest BCUT2D eigenvalue weighted by atomic mass is 10.0. The number of nitrogens with one attached hydrogen (secondary N) is 1. The Kier molecular flexibility index (Phi) is 5.95. The largest absolute Gasteiger partial charge is 0.360 e. The van der Waals surface area contributed by atoms with Crippen molar-refractivity contribution in [3.05, 3.63) is 65.7 Å². The third kappa shape index (κ3) is 4.35. The number of carbonyl (C=O) groups is 2. The topological polar surface area (TPSA) is 45.1 Å². The van der Waals surface area contributed by atoms with Gasteiger partial charge in [-0.3, -0.25) is 9.59 Å². The summed E-state index contributed by atoms with van der Waals surface area (Å²) >= 11 is 0. The van der Waals surface area contributed by atoms with Gasteiger partial charge in [0.05, 0.1) is 26.2 Å². The molecule has 0 bridgehead atoms. The van der Waals surface area contributed by atoms with Gasteiger partial charge in [0.15, 0.2) is 11.8 Å². The molecule has 0 unspecified atom stereocenters. The Labute approximate surface area is 172 Å². The molecule has 152 valence electrons. The monoisotopic (exact) mass is 392 g/mol. The summed E-state index contributed by atoms with van der Waals surface area (Å²) in [5.74, 6) is 0.375. The van der Waals surface area contributed by atoms with Crippen molar-refractivity contribution in [1.29, 1.82) is 0 Å². The summed E-state index contributed by atoms with van der Waals surface area (Å²) in [5.41, 5.74) is 3.02. The molecule has 0 spiro atoms. The first-order chi connectivity index (χ1) is 14.1. The molecule has 2 aromatic rings. The van der Waals surface area contributed by atoms with Crippen molar-refractivity contribution >= 4 is 17.4 Å².